The minimum absolute atomic E-state index is 0.504. The van der Waals surface area contributed by atoms with Crippen molar-refractivity contribution in [2.45, 2.75) is 13.0 Å². The summed E-state index contributed by atoms with van der Waals surface area (Å²) < 4.78 is 0. The molecule has 0 aliphatic rings. The molecule has 1 N–H and O–H groups in total. The second-order valence-electron chi connectivity index (χ2n) is 3.00. The van der Waals surface area contributed by atoms with Crippen LogP contribution < -0.4 is 5.32 Å². The Hall–Kier alpha value is 0.240. The molecule has 0 aliphatic heterocycles. The topological polar surface area (TPSA) is 15.3 Å². The van der Waals surface area contributed by atoms with Crippen molar-refractivity contribution in [1.29, 1.82) is 0 Å². The molecule has 0 rings (SSSR count). The molecule has 4 heteroatoms. The molecule has 12 heavy (non-hydrogen) atoms. The van der Waals surface area contributed by atoms with Crippen molar-refractivity contribution < 1.29 is 0 Å². The van der Waals surface area contributed by atoms with Gasteiger partial charge in [0.05, 0.1) is 0 Å². The third kappa shape index (κ3) is 5.84. The minimum Gasteiger partial charge on any atom is -0.310 e. The Morgan fingerprint density at radius 3 is 2.58 bits per heavy atom. The highest BCUT2D eigenvalue weighted by Gasteiger charge is 2.02. The first-order valence-electron chi connectivity index (χ1n) is 3.89. The minimum atomic E-state index is 0.504. The molecule has 1 atom stereocenters. The molecule has 0 saturated heterocycles. The van der Waals surface area contributed by atoms with E-state index in [1.807, 2.05) is 14.1 Å². The number of likely N-dealkylation sites (N-methyl/N-ethyl adjacent to an activating group) is 1. The highest BCUT2D eigenvalue weighted by atomic mass is 35.5. The number of hydrogen-bond acceptors (Lipinski definition) is 2. The third-order valence-corrected chi connectivity index (χ3v) is 2.35. The van der Waals surface area contributed by atoms with Crippen LogP contribution in [0, 0.1) is 0 Å². The molecule has 0 saturated carbocycles. The Balaban J connectivity index is 3.43. The lowest BCUT2D eigenvalue weighted by Gasteiger charge is -2.19. The van der Waals surface area contributed by atoms with E-state index in [2.05, 4.69) is 17.1 Å². The summed E-state index contributed by atoms with van der Waals surface area (Å²) in [4.78, 5) is 2.14. The summed E-state index contributed by atoms with van der Waals surface area (Å²) in [6.45, 7) is 3.70. The van der Waals surface area contributed by atoms with E-state index in [9.17, 15) is 0 Å². The Bertz CT molecular complexity index is 146. The average Bonchev–Trinajstić information content (AvgIpc) is 2.03. The summed E-state index contributed by atoms with van der Waals surface area (Å²) >= 11 is 11.1. The molecular formula is C8H16Cl2N2. The molecule has 72 valence electrons. The van der Waals surface area contributed by atoms with Gasteiger partial charge in [-0.1, -0.05) is 23.2 Å². The van der Waals surface area contributed by atoms with Gasteiger partial charge in [0.25, 0.3) is 0 Å². The van der Waals surface area contributed by atoms with Crippen molar-refractivity contribution >= 4 is 23.2 Å². The van der Waals surface area contributed by atoms with E-state index in [0.29, 0.717) is 17.6 Å². The number of nitrogens with zero attached hydrogens (tertiary/aromatic N) is 1. The fraction of sp³-hybridized carbons (Fsp3) is 0.750. The van der Waals surface area contributed by atoms with Crippen LogP contribution in [0.1, 0.15) is 6.92 Å². The van der Waals surface area contributed by atoms with Gasteiger partial charge in [0, 0.05) is 29.7 Å². The predicted molar refractivity (Wildman–Crippen MR) is 55.8 cm³/mol. The number of rotatable bonds is 5. The molecule has 1 unspecified atom stereocenters. The Kier molecular flexibility index (Phi) is 6.86. The van der Waals surface area contributed by atoms with Crippen LogP contribution in [0.5, 0.6) is 0 Å². The smallest absolute Gasteiger partial charge is 0.0431 e. The monoisotopic (exact) mass is 210 g/mol. The van der Waals surface area contributed by atoms with Crippen molar-refractivity contribution in [2.75, 3.05) is 27.2 Å². The second kappa shape index (κ2) is 6.72. The van der Waals surface area contributed by atoms with Crippen LogP contribution in [0.25, 0.3) is 0 Å². The van der Waals surface area contributed by atoms with Gasteiger partial charge in [-0.2, -0.15) is 0 Å². The van der Waals surface area contributed by atoms with Gasteiger partial charge in [-0.25, -0.2) is 0 Å². The fourth-order valence-electron chi connectivity index (χ4n) is 0.622. The summed E-state index contributed by atoms with van der Waals surface area (Å²) in [5.74, 6) is 0. The van der Waals surface area contributed by atoms with Gasteiger partial charge in [-0.3, -0.25) is 0 Å². The van der Waals surface area contributed by atoms with E-state index in [1.54, 1.807) is 0 Å². The number of hydrogen-bond donors (Lipinski definition) is 1. The zero-order chi connectivity index (χ0) is 9.56. The third-order valence-electron chi connectivity index (χ3n) is 1.73. The molecule has 0 amide bonds. The Morgan fingerprint density at radius 1 is 1.58 bits per heavy atom. The number of halogens is 2. The van der Waals surface area contributed by atoms with Gasteiger partial charge in [-0.15, -0.1) is 0 Å². The number of nitrogens with one attached hydrogen (secondary N) is 1. The molecule has 2 nitrogen and oxygen atoms in total. The normalized spacial score (nSPS) is 15.3. The molecule has 0 radical (unpaired) electrons. The summed E-state index contributed by atoms with van der Waals surface area (Å²) in [6, 6.07) is 0.504. The summed E-state index contributed by atoms with van der Waals surface area (Å²) in [5, 5.41) is 3.83. The molecular weight excluding hydrogens is 195 g/mol. The maximum atomic E-state index is 5.68. The van der Waals surface area contributed by atoms with Gasteiger partial charge >= 0.3 is 0 Å². The van der Waals surface area contributed by atoms with E-state index in [-0.39, 0.29) is 0 Å². The highest BCUT2D eigenvalue weighted by Crippen LogP contribution is 2.00. The highest BCUT2D eigenvalue weighted by molar-refractivity contribution is 6.36. The van der Waals surface area contributed by atoms with Crippen LogP contribution in [-0.4, -0.2) is 38.1 Å². The lowest BCUT2D eigenvalue weighted by atomic mass is 10.3. The lowest BCUT2D eigenvalue weighted by molar-refractivity contribution is 0.306. The molecule has 0 aromatic heterocycles. The van der Waals surface area contributed by atoms with Gasteiger partial charge in [-0.05, 0) is 21.0 Å². The SMILES string of the molecule is CC(CNCC(Cl)=CCl)N(C)C. The van der Waals surface area contributed by atoms with Crippen LogP contribution in [0.15, 0.2) is 10.6 Å². The van der Waals surface area contributed by atoms with E-state index in [1.165, 1.54) is 5.54 Å². The van der Waals surface area contributed by atoms with E-state index in [0.717, 1.165) is 6.54 Å². The van der Waals surface area contributed by atoms with Crippen molar-refractivity contribution in [3.05, 3.63) is 10.6 Å². The summed E-state index contributed by atoms with van der Waals surface area (Å²) in [5.41, 5.74) is 1.38. The summed E-state index contributed by atoms with van der Waals surface area (Å²) in [6.07, 6.45) is 0. The first kappa shape index (κ1) is 12.2. The molecule has 0 fully saturated rings. The molecule has 0 spiro atoms. The van der Waals surface area contributed by atoms with Gasteiger partial charge < -0.3 is 10.2 Å². The maximum absolute atomic E-state index is 5.68. The zero-order valence-electron chi connectivity index (χ0n) is 7.77. The molecule has 0 aromatic carbocycles. The first-order chi connectivity index (χ1) is 5.57. The van der Waals surface area contributed by atoms with Crippen molar-refractivity contribution in [3.63, 3.8) is 0 Å². The quantitative estimate of drug-likeness (QED) is 0.746. The largest absolute Gasteiger partial charge is 0.310 e. The fourth-order valence-corrected chi connectivity index (χ4v) is 0.793. The first-order valence-corrected chi connectivity index (χ1v) is 4.71. The average molecular weight is 211 g/mol. The van der Waals surface area contributed by atoms with Crippen LogP contribution >= 0.6 is 23.2 Å². The molecule has 0 bridgehead atoms. The van der Waals surface area contributed by atoms with Gasteiger partial charge in [0.15, 0.2) is 0 Å². The van der Waals surface area contributed by atoms with Crippen molar-refractivity contribution in [3.8, 4) is 0 Å². The molecule has 0 heterocycles. The van der Waals surface area contributed by atoms with Crippen LogP contribution in [-0.2, 0) is 0 Å². The van der Waals surface area contributed by atoms with Crippen molar-refractivity contribution in [2.24, 2.45) is 0 Å². The van der Waals surface area contributed by atoms with E-state index < -0.39 is 0 Å². The predicted octanol–water partition coefficient (Wildman–Crippen LogP) is 1.85. The van der Waals surface area contributed by atoms with E-state index in [4.69, 9.17) is 23.2 Å². The van der Waals surface area contributed by atoms with Crippen LogP contribution in [0.2, 0.25) is 0 Å². The van der Waals surface area contributed by atoms with Crippen LogP contribution in [0.3, 0.4) is 0 Å². The molecule has 0 aromatic rings. The lowest BCUT2D eigenvalue weighted by Crippen LogP contribution is -2.35. The zero-order valence-corrected chi connectivity index (χ0v) is 9.28. The van der Waals surface area contributed by atoms with Crippen molar-refractivity contribution in [1.82, 2.24) is 10.2 Å². The Morgan fingerprint density at radius 2 is 2.17 bits per heavy atom. The van der Waals surface area contributed by atoms with E-state index >= 15 is 0 Å². The van der Waals surface area contributed by atoms with Crippen LogP contribution in [0.4, 0.5) is 0 Å². The Labute approximate surface area is 84.5 Å². The van der Waals surface area contributed by atoms with Gasteiger partial charge in [0.2, 0.25) is 0 Å². The molecule has 0 aliphatic carbocycles. The standard InChI is InChI=1S/C8H16Cl2N2/c1-7(12(2)3)5-11-6-8(10)4-9/h4,7,11H,5-6H2,1-3H3. The maximum Gasteiger partial charge on any atom is 0.0431 e. The summed E-state index contributed by atoms with van der Waals surface area (Å²) in [7, 11) is 4.09. The second-order valence-corrected chi connectivity index (χ2v) is 3.70. The van der Waals surface area contributed by atoms with Gasteiger partial charge in [0.1, 0.15) is 0 Å².